The molecule has 0 saturated carbocycles. The van der Waals surface area contributed by atoms with E-state index in [1.54, 1.807) is 0 Å². The smallest absolute Gasteiger partial charge is 0.310 e. The summed E-state index contributed by atoms with van der Waals surface area (Å²) in [6.07, 6.45) is -0.0239. The topological polar surface area (TPSA) is 29.5 Å². The molecule has 0 unspecified atom stereocenters. The second-order valence-electron chi connectivity index (χ2n) is 3.46. The number of hydrogen-bond donors (Lipinski definition) is 1. The fraction of sp³-hybridized carbons (Fsp3) is 0.333. The van der Waals surface area contributed by atoms with Crippen LogP contribution in [0, 0.1) is 0 Å². The number of phenolic OH excluding ortho intramolecular Hbond substituents is 1. The van der Waals surface area contributed by atoms with Gasteiger partial charge in [-0.25, -0.2) is 0 Å². The highest BCUT2D eigenvalue weighted by molar-refractivity contribution is 8.45. The Balaban J connectivity index is 3.60. The highest BCUT2D eigenvalue weighted by Gasteiger charge is 2.65. The standard InChI is InChI=1S/C9H11F5O2S/c1-3-6-4-7(17(10,11,12,13)14)5-8(16-2)9(6)15/h4-5,15H,3H2,1-2H3. The van der Waals surface area contributed by atoms with Crippen LogP contribution in [-0.2, 0) is 6.42 Å². The predicted molar refractivity (Wildman–Crippen MR) is 55.4 cm³/mol. The molecule has 0 radical (unpaired) electrons. The molecule has 8 heteroatoms. The molecule has 0 bridgehead atoms. The van der Waals surface area contributed by atoms with Crippen LogP contribution >= 0.6 is 10.2 Å². The van der Waals surface area contributed by atoms with Crippen molar-refractivity contribution in [3.63, 3.8) is 0 Å². The van der Waals surface area contributed by atoms with E-state index in [0.29, 0.717) is 0 Å². The first-order valence-corrected chi connectivity index (χ1v) is 6.48. The van der Waals surface area contributed by atoms with Crippen LogP contribution in [0.3, 0.4) is 0 Å². The Morgan fingerprint density at radius 1 is 1.18 bits per heavy atom. The lowest BCUT2D eigenvalue weighted by Crippen LogP contribution is -2.07. The van der Waals surface area contributed by atoms with Gasteiger partial charge in [0.1, 0.15) is 4.90 Å². The summed E-state index contributed by atoms with van der Waals surface area (Å²) in [7, 11) is -8.76. The first kappa shape index (κ1) is 13.9. The van der Waals surface area contributed by atoms with Gasteiger partial charge in [-0.2, -0.15) is 0 Å². The van der Waals surface area contributed by atoms with Crippen molar-refractivity contribution in [1.82, 2.24) is 0 Å². The van der Waals surface area contributed by atoms with E-state index in [0.717, 1.165) is 7.11 Å². The first-order valence-electron chi connectivity index (χ1n) is 4.53. The zero-order valence-corrected chi connectivity index (χ0v) is 9.83. The lowest BCUT2D eigenvalue weighted by Gasteiger charge is -2.40. The molecular formula is C9H11F5O2S. The summed E-state index contributed by atoms with van der Waals surface area (Å²) in [4.78, 5) is -2.06. The Morgan fingerprint density at radius 2 is 1.71 bits per heavy atom. The van der Waals surface area contributed by atoms with Crippen LogP contribution < -0.4 is 4.74 Å². The van der Waals surface area contributed by atoms with Crippen LogP contribution in [0.1, 0.15) is 12.5 Å². The van der Waals surface area contributed by atoms with Gasteiger partial charge in [0.15, 0.2) is 11.5 Å². The largest absolute Gasteiger partial charge is 0.504 e. The van der Waals surface area contributed by atoms with E-state index in [1.165, 1.54) is 6.92 Å². The van der Waals surface area contributed by atoms with Crippen molar-refractivity contribution in [3.8, 4) is 11.5 Å². The summed E-state index contributed by atoms with van der Waals surface area (Å²) in [5, 5.41) is 9.42. The molecule has 0 fully saturated rings. The van der Waals surface area contributed by atoms with Crippen LogP contribution in [0.2, 0.25) is 0 Å². The van der Waals surface area contributed by atoms with E-state index >= 15 is 0 Å². The van der Waals surface area contributed by atoms with Crippen molar-refractivity contribution in [2.45, 2.75) is 18.2 Å². The minimum atomic E-state index is -9.75. The zero-order chi connectivity index (χ0) is 13.5. The molecule has 0 spiro atoms. The molecule has 0 aliphatic rings. The number of halogens is 5. The van der Waals surface area contributed by atoms with Gasteiger partial charge in [-0.05, 0) is 18.1 Å². The number of methoxy groups -OCH3 is 1. The van der Waals surface area contributed by atoms with Gasteiger partial charge in [0.25, 0.3) is 0 Å². The average Bonchev–Trinajstić information content (AvgIpc) is 2.14. The molecule has 0 aromatic heterocycles. The molecule has 1 aromatic rings. The van der Waals surface area contributed by atoms with E-state index in [9.17, 15) is 24.5 Å². The van der Waals surface area contributed by atoms with Crippen molar-refractivity contribution >= 4 is 10.2 Å². The minimum absolute atomic E-state index is 0.0239. The quantitative estimate of drug-likeness (QED) is 0.817. The fourth-order valence-corrected chi connectivity index (χ4v) is 1.98. The number of phenols is 1. The van der Waals surface area contributed by atoms with Gasteiger partial charge in [-0.15, -0.1) is 0 Å². The van der Waals surface area contributed by atoms with Gasteiger partial charge in [0.2, 0.25) is 0 Å². The molecule has 0 heterocycles. The Hall–Kier alpha value is -1.18. The van der Waals surface area contributed by atoms with Gasteiger partial charge >= 0.3 is 10.2 Å². The van der Waals surface area contributed by atoms with Crippen molar-refractivity contribution in [2.75, 3.05) is 7.11 Å². The van der Waals surface area contributed by atoms with Crippen molar-refractivity contribution in [3.05, 3.63) is 17.7 Å². The second kappa shape index (κ2) is 3.18. The van der Waals surface area contributed by atoms with Crippen LogP contribution in [0.5, 0.6) is 11.5 Å². The molecule has 1 aromatic carbocycles. The van der Waals surface area contributed by atoms with Gasteiger partial charge in [0, 0.05) is 6.07 Å². The van der Waals surface area contributed by atoms with E-state index in [2.05, 4.69) is 4.74 Å². The molecule has 1 N–H and O–H groups in total. The van der Waals surface area contributed by atoms with Gasteiger partial charge < -0.3 is 9.84 Å². The number of aryl methyl sites for hydroxylation is 1. The number of rotatable bonds is 3. The highest BCUT2D eigenvalue weighted by Crippen LogP contribution is 3.02. The van der Waals surface area contributed by atoms with Crippen LogP contribution in [-0.4, -0.2) is 12.2 Å². The van der Waals surface area contributed by atoms with Crippen molar-refractivity contribution in [2.24, 2.45) is 0 Å². The van der Waals surface area contributed by atoms with E-state index in [-0.39, 0.29) is 24.1 Å². The Bertz CT molecular complexity index is 428. The van der Waals surface area contributed by atoms with E-state index in [1.807, 2.05) is 0 Å². The third-order valence-corrected chi connectivity index (χ3v) is 3.30. The molecule has 0 atom stereocenters. The number of ether oxygens (including phenoxy) is 1. The van der Waals surface area contributed by atoms with E-state index in [4.69, 9.17) is 0 Å². The normalized spacial score (nSPS) is 16.2. The maximum atomic E-state index is 12.6. The molecule has 0 aliphatic carbocycles. The summed E-state index contributed by atoms with van der Waals surface area (Å²) < 4.78 is 67.3. The molecule has 100 valence electrons. The van der Waals surface area contributed by atoms with Gasteiger partial charge in [-0.3, -0.25) is 0 Å². The molecule has 1 rings (SSSR count). The maximum absolute atomic E-state index is 12.6. The lowest BCUT2D eigenvalue weighted by molar-refractivity contribution is 0.353. The fourth-order valence-electron chi connectivity index (χ4n) is 1.29. The van der Waals surface area contributed by atoms with Crippen molar-refractivity contribution < 1.29 is 29.3 Å². The molecular weight excluding hydrogens is 267 g/mol. The summed E-state index contributed by atoms with van der Waals surface area (Å²) in [6.45, 7) is 1.43. The second-order valence-corrected chi connectivity index (χ2v) is 5.87. The Morgan fingerprint density at radius 3 is 2.06 bits per heavy atom. The van der Waals surface area contributed by atoms with Crippen LogP contribution in [0.15, 0.2) is 17.0 Å². The Labute approximate surface area is 94.7 Å². The van der Waals surface area contributed by atoms with Crippen LogP contribution in [0.25, 0.3) is 0 Å². The van der Waals surface area contributed by atoms with Crippen LogP contribution in [0.4, 0.5) is 19.4 Å². The third kappa shape index (κ3) is 2.93. The average molecular weight is 278 g/mol. The molecule has 17 heavy (non-hydrogen) atoms. The molecule has 0 amide bonds. The van der Waals surface area contributed by atoms with Gasteiger partial charge in [0.05, 0.1) is 7.11 Å². The number of aromatic hydroxyl groups is 1. The summed E-state index contributed by atoms with van der Waals surface area (Å²) in [6, 6.07) is 0.357. The summed E-state index contributed by atoms with van der Waals surface area (Å²) in [5.74, 6) is -1.17. The van der Waals surface area contributed by atoms with Gasteiger partial charge in [-0.1, -0.05) is 26.4 Å². The highest BCUT2D eigenvalue weighted by atomic mass is 32.5. The monoisotopic (exact) mass is 278 g/mol. The molecule has 2 nitrogen and oxygen atoms in total. The SMILES string of the molecule is CCc1cc(S(F)(F)(F)(F)F)cc(OC)c1O. The predicted octanol–water partition coefficient (Wildman–Crippen LogP) is 4.62. The van der Waals surface area contributed by atoms with Crippen molar-refractivity contribution in [1.29, 1.82) is 0 Å². The Kier molecular flexibility index (Phi) is 2.60. The number of hydrogen-bond acceptors (Lipinski definition) is 2. The molecule has 0 aliphatic heterocycles. The third-order valence-electron chi connectivity index (χ3n) is 2.17. The summed E-state index contributed by atoms with van der Waals surface area (Å²) in [5.41, 5.74) is -0.243. The molecule has 0 saturated heterocycles. The van der Waals surface area contributed by atoms with E-state index < -0.39 is 26.6 Å². The first-order chi connectivity index (χ1) is 7.38. The maximum Gasteiger partial charge on any atom is 0.310 e. The minimum Gasteiger partial charge on any atom is -0.504 e. The summed E-state index contributed by atoms with van der Waals surface area (Å²) >= 11 is 0. The lowest BCUT2D eigenvalue weighted by atomic mass is 10.1. The number of benzene rings is 1. The zero-order valence-electron chi connectivity index (χ0n) is 9.02.